The number of aromatic nitrogens is 2. The number of rotatable bonds is 4. The Morgan fingerprint density at radius 3 is 2.47 bits per heavy atom. The number of benzene rings is 2. The number of piperidine rings is 1. The van der Waals surface area contributed by atoms with Crippen LogP contribution in [-0.2, 0) is 16.6 Å². The Morgan fingerprint density at radius 1 is 1.13 bits per heavy atom. The molecule has 1 N–H and O–H groups in total. The van der Waals surface area contributed by atoms with Gasteiger partial charge in [0.15, 0.2) is 0 Å². The number of sulfonamides is 1. The number of halogens is 1. The maximum absolute atomic E-state index is 12.9. The lowest BCUT2D eigenvalue weighted by Gasteiger charge is -2.37. The molecule has 4 rings (SSSR count). The van der Waals surface area contributed by atoms with Crippen molar-refractivity contribution >= 4 is 32.5 Å². The molecular weight excluding hydrogens is 426 g/mol. The van der Waals surface area contributed by atoms with E-state index in [1.165, 1.54) is 15.2 Å². The molecule has 1 fully saturated rings. The summed E-state index contributed by atoms with van der Waals surface area (Å²) in [5, 5.41) is 11.9. The van der Waals surface area contributed by atoms with Gasteiger partial charge in [-0.15, -0.1) is 0 Å². The van der Waals surface area contributed by atoms with Crippen LogP contribution in [0.3, 0.4) is 0 Å². The van der Waals surface area contributed by atoms with E-state index >= 15 is 0 Å². The van der Waals surface area contributed by atoms with Crippen LogP contribution in [-0.4, -0.2) is 46.1 Å². The van der Waals surface area contributed by atoms with Crippen LogP contribution in [0.1, 0.15) is 18.4 Å². The van der Waals surface area contributed by atoms with Gasteiger partial charge in [-0.1, -0.05) is 29.3 Å². The Balaban J connectivity index is 1.51. The van der Waals surface area contributed by atoms with Crippen LogP contribution in [0, 0.1) is 6.92 Å². The highest BCUT2D eigenvalue weighted by Crippen LogP contribution is 2.28. The van der Waals surface area contributed by atoms with Crippen molar-refractivity contribution in [1.82, 2.24) is 13.9 Å². The Labute approximate surface area is 179 Å². The first-order valence-electron chi connectivity index (χ1n) is 9.62. The van der Waals surface area contributed by atoms with Crippen molar-refractivity contribution < 1.29 is 13.5 Å². The number of aliphatic hydroxyl groups is 1. The lowest BCUT2D eigenvalue weighted by molar-refractivity contribution is -0.0202. The molecular formula is C21H22ClN3O4S. The second kappa shape index (κ2) is 7.77. The van der Waals surface area contributed by atoms with Gasteiger partial charge >= 0.3 is 0 Å². The van der Waals surface area contributed by atoms with E-state index in [-0.39, 0.29) is 42.9 Å². The van der Waals surface area contributed by atoms with Crippen LogP contribution in [0.5, 0.6) is 0 Å². The number of hydrogen-bond donors (Lipinski definition) is 1. The molecule has 2 heterocycles. The lowest BCUT2D eigenvalue weighted by Crippen LogP contribution is -2.49. The monoisotopic (exact) mass is 447 g/mol. The summed E-state index contributed by atoms with van der Waals surface area (Å²) in [5.41, 5.74) is 0.0264. The van der Waals surface area contributed by atoms with Crippen LogP contribution in [0.4, 0.5) is 0 Å². The number of fused-ring (bicyclic) bond motifs is 1. The molecule has 2 aromatic carbocycles. The topological polar surface area (TPSA) is 92.5 Å². The fourth-order valence-corrected chi connectivity index (χ4v) is 5.33. The lowest BCUT2D eigenvalue weighted by atomic mass is 9.92. The normalized spacial score (nSPS) is 17.3. The first kappa shape index (κ1) is 21.0. The maximum atomic E-state index is 12.9. The maximum Gasteiger partial charge on any atom is 0.261 e. The van der Waals surface area contributed by atoms with E-state index < -0.39 is 15.6 Å². The summed E-state index contributed by atoms with van der Waals surface area (Å²) in [6.45, 7) is 2.31. The molecule has 3 aromatic rings. The van der Waals surface area contributed by atoms with E-state index in [0.29, 0.717) is 15.9 Å². The minimum atomic E-state index is -3.61. The highest BCUT2D eigenvalue weighted by atomic mass is 35.5. The summed E-state index contributed by atoms with van der Waals surface area (Å²) in [4.78, 5) is 17.3. The van der Waals surface area contributed by atoms with Gasteiger partial charge in [0.25, 0.3) is 5.56 Å². The molecule has 1 saturated heterocycles. The molecule has 1 aliphatic heterocycles. The molecule has 0 atom stereocenters. The standard InChI is InChI=1S/C21H22ClN3O4S/c1-15-2-5-17(6-3-15)30(28,29)25-10-8-21(27,9-11-25)13-24-14-23-19-12-16(22)4-7-18(19)20(24)26/h2-7,12,14,27H,8-11,13H2,1H3. The quantitative estimate of drug-likeness (QED) is 0.663. The molecule has 30 heavy (non-hydrogen) atoms. The molecule has 7 nitrogen and oxygen atoms in total. The van der Waals surface area contributed by atoms with Crippen LogP contribution >= 0.6 is 11.6 Å². The molecule has 0 aliphatic carbocycles. The Morgan fingerprint density at radius 2 is 1.80 bits per heavy atom. The predicted molar refractivity (Wildman–Crippen MR) is 115 cm³/mol. The Hall–Kier alpha value is -2.26. The average molecular weight is 448 g/mol. The summed E-state index contributed by atoms with van der Waals surface area (Å²) in [6, 6.07) is 11.6. The molecule has 1 aliphatic rings. The molecule has 158 valence electrons. The third-order valence-electron chi connectivity index (χ3n) is 5.56. The van der Waals surface area contributed by atoms with Crippen molar-refractivity contribution in [2.45, 2.75) is 36.8 Å². The van der Waals surface area contributed by atoms with E-state index in [2.05, 4.69) is 4.98 Å². The van der Waals surface area contributed by atoms with E-state index in [1.54, 1.807) is 42.5 Å². The minimum absolute atomic E-state index is 0.0514. The van der Waals surface area contributed by atoms with Gasteiger partial charge in [-0.25, -0.2) is 13.4 Å². The summed E-state index contributed by atoms with van der Waals surface area (Å²) in [7, 11) is -3.61. The van der Waals surface area contributed by atoms with Gasteiger partial charge in [0.1, 0.15) is 0 Å². The van der Waals surface area contributed by atoms with E-state index in [1.807, 2.05) is 6.92 Å². The van der Waals surface area contributed by atoms with Crippen molar-refractivity contribution in [1.29, 1.82) is 0 Å². The van der Waals surface area contributed by atoms with Crippen molar-refractivity contribution in [3.63, 3.8) is 0 Å². The van der Waals surface area contributed by atoms with Gasteiger partial charge < -0.3 is 5.11 Å². The largest absolute Gasteiger partial charge is 0.388 e. The third kappa shape index (κ3) is 4.00. The molecule has 0 saturated carbocycles. The molecule has 0 spiro atoms. The van der Waals surface area contributed by atoms with Gasteiger partial charge in [0, 0.05) is 18.1 Å². The second-order valence-electron chi connectivity index (χ2n) is 7.78. The molecule has 0 bridgehead atoms. The van der Waals surface area contributed by atoms with Crippen LogP contribution in [0.2, 0.25) is 5.02 Å². The number of nitrogens with zero attached hydrogens (tertiary/aromatic N) is 3. The van der Waals surface area contributed by atoms with Crippen molar-refractivity contribution in [2.75, 3.05) is 13.1 Å². The zero-order valence-corrected chi connectivity index (χ0v) is 18.0. The average Bonchev–Trinajstić information content (AvgIpc) is 2.71. The first-order chi connectivity index (χ1) is 14.2. The van der Waals surface area contributed by atoms with E-state index in [9.17, 15) is 18.3 Å². The van der Waals surface area contributed by atoms with Crippen molar-refractivity contribution in [2.24, 2.45) is 0 Å². The van der Waals surface area contributed by atoms with Gasteiger partial charge in [-0.05, 0) is 50.1 Å². The zero-order chi connectivity index (χ0) is 21.5. The number of hydrogen-bond acceptors (Lipinski definition) is 5. The van der Waals surface area contributed by atoms with Gasteiger partial charge in [0.05, 0.1) is 34.3 Å². The SMILES string of the molecule is Cc1ccc(S(=O)(=O)N2CCC(O)(Cn3cnc4cc(Cl)ccc4c3=O)CC2)cc1. The van der Waals surface area contributed by atoms with Crippen molar-refractivity contribution in [3.8, 4) is 0 Å². The van der Waals surface area contributed by atoms with Crippen LogP contribution < -0.4 is 5.56 Å². The van der Waals surface area contributed by atoms with Gasteiger partial charge in [0.2, 0.25) is 10.0 Å². The predicted octanol–water partition coefficient (Wildman–Crippen LogP) is 2.57. The summed E-state index contributed by atoms with van der Waals surface area (Å²) in [5.74, 6) is 0. The second-order valence-corrected chi connectivity index (χ2v) is 10.2. The zero-order valence-electron chi connectivity index (χ0n) is 16.5. The molecule has 1 aromatic heterocycles. The molecule has 0 radical (unpaired) electrons. The highest BCUT2D eigenvalue weighted by Gasteiger charge is 2.37. The fraction of sp³-hybridized carbons (Fsp3) is 0.333. The van der Waals surface area contributed by atoms with Crippen LogP contribution in [0.25, 0.3) is 10.9 Å². The molecule has 0 amide bonds. The number of aryl methyl sites for hydroxylation is 1. The van der Waals surface area contributed by atoms with Crippen LogP contribution in [0.15, 0.2) is 58.5 Å². The fourth-order valence-electron chi connectivity index (χ4n) is 3.72. The summed E-state index contributed by atoms with van der Waals surface area (Å²) < 4.78 is 28.5. The molecule has 9 heteroatoms. The highest BCUT2D eigenvalue weighted by molar-refractivity contribution is 7.89. The van der Waals surface area contributed by atoms with E-state index in [4.69, 9.17) is 11.6 Å². The van der Waals surface area contributed by atoms with Crippen molar-refractivity contribution in [3.05, 3.63) is 69.7 Å². The third-order valence-corrected chi connectivity index (χ3v) is 7.71. The first-order valence-corrected chi connectivity index (χ1v) is 11.4. The Bertz CT molecular complexity index is 1250. The Kier molecular flexibility index (Phi) is 5.44. The van der Waals surface area contributed by atoms with Gasteiger partial charge in [-0.3, -0.25) is 9.36 Å². The summed E-state index contributed by atoms with van der Waals surface area (Å²) in [6.07, 6.45) is 1.85. The smallest absolute Gasteiger partial charge is 0.261 e. The summed E-state index contributed by atoms with van der Waals surface area (Å²) >= 11 is 5.95. The minimum Gasteiger partial charge on any atom is -0.388 e. The van der Waals surface area contributed by atoms with E-state index in [0.717, 1.165) is 5.56 Å². The van der Waals surface area contributed by atoms with Gasteiger partial charge in [-0.2, -0.15) is 4.31 Å². The molecule has 0 unspecified atom stereocenters.